The Balaban J connectivity index is 1.33. The van der Waals surface area contributed by atoms with Crippen LogP contribution in [-0.4, -0.2) is 45.5 Å². The maximum atomic E-state index is 13.4. The van der Waals surface area contributed by atoms with Crippen LogP contribution in [0.15, 0.2) is 42.5 Å². The summed E-state index contributed by atoms with van der Waals surface area (Å²) < 4.78 is 26.6. The van der Waals surface area contributed by atoms with Crippen LogP contribution in [0.4, 0.5) is 8.78 Å². The predicted octanol–water partition coefficient (Wildman–Crippen LogP) is 3.02. The number of aliphatic hydroxyl groups is 2. The topological polar surface area (TPSA) is 63.9 Å². The third kappa shape index (κ3) is 4.04. The zero-order valence-electron chi connectivity index (χ0n) is 15.6. The molecule has 1 unspecified atom stereocenters. The monoisotopic (exact) mass is 389 g/mol. The highest BCUT2D eigenvalue weighted by Crippen LogP contribution is 2.45. The third-order valence-corrected chi connectivity index (χ3v) is 6.16. The molecule has 0 radical (unpaired) electrons. The van der Waals surface area contributed by atoms with E-state index in [-0.39, 0.29) is 5.75 Å². The van der Waals surface area contributed by atoms with Crippen LogP contribution in [0.2, 0.25) is 0 Å². The van der Waals surface area contributed by atoms with Crippen molar-refractivity contribution in [3.63, 3.8) is 0 Å². The van der Waals surface area contributed by atoms with E-state index in [9.17, 15) is 24.1 Å². The third-order valence-electron chi connectivity index (χ3n) is 6.16. The lowest BCUT2D eigenvalue weighted by Crippen LogP contribution is -2.33. The Hall–Kier alpha value is -2.02. The molecule has 0 bridgehead atoms. The average Bonchev–Trinajstić information content (AvgIpc) is 3.12. The average molecular weight is 389 g/mol. The Labute approximate surface area is 163 Å². The van der Waals surface area contributed by atoms with E-state index in [0.717, 1.165) is 24.7 Å². The van der Waals surface area contributed by atoms with E-state index in [0.29, 0.717) is 43.2 Å². The van der Waals surface area contributed by atoms with Gasteiger partial charge in [-0.05, 0) is 60.1 Å². The number of halogens is 2. The largest absolute Gasteiger partial charge is 0.508 e. The number of phenols is 1. The highest BCUT2D eigenvalue weighted by molar-refractivity contribution is 5.27. The van der Waals surface area contributed by atoms with Crippen molar-refractivity contribution >= 4 is 0 Å². The van der Waals surface area contributed by atoms with E-state index in [4.69, 9.17) is 0 Å². The molecule has 1 aliphatic heterocycles. The van der Waals surface area contributed by atoms with Crippen molar-refractivity contribution in [2.75, 3.05) is 19.6 Å². The number of aromatic hydroxyl groups is 1. The molecule has 2 aliphatic rings. The molecule has 4 nitrogen and oxygen atoms in total. The van der Waals surface area contributed by atoms with Crippen molar-refractivity contribution in [3.05, 3.63) is 65.2 Å². The van der Waals surface area contributed by atoms with Crippen LogP contribution in [0.1, 0.15) is 30.1 Å². The Morgan fingerprint density at radius 3 is 2.25 bits per heavy atom. The Kier molecular flexibility index (Phi) is 5.12. The number of rotatable bonds is 5. The molecule has 28 heavy (non-hydrogen) atoms. The molecule has 0 amide bonds. The molecule has 1 saturated heterocycles. The van der Waals surface area contributed by atoms with Crippen molar-refractivity contribution < 1.29 is 24.1 Å². The number of β-amino-alcohol motifs (C(OH)–C–C–N with tert-alkyl or cyclic N) is 1. The second-order valence-corrected chi connectivity index (χ2v) is 8.40. The van der Waals surface area contributed by atoms with Gasteiger partial charge in [0.15, 0.2) is 11.6 Å². The van der Waals surface area contributed by atoms with E-state index in [1.54, 1.807) is 24.3 Å². The summed E-state index contributed by atoms with van der Waals surface area (Å²) in [6, 6.07) is 10.4. The first kappa shape index (κ1) is 19.3. The van der Waals surface area contributed by atoms with E-state index in [2.05, 4.69) is 4.90 Å². The van der Waals surface area contributed by atoms with Crippen molar-refractivity contribution in [3.8, 4) is 5.75 Å². The fraction of sp³-hybridized carbons (Fsp3) is 0.455. The molecule has 1 heterocycles. The number of likely N-dealkylation sites (tertiary alicyclic amines) is 1. The second-order valence-electron chi connectivity index (χ2n) is 8.40. The molecule has 0 spiro atoms. The van der Waals surface area contributed by atoms with Gasteiger partial charge in [-0.1, -0.05) is 18.2 Å². The molecule has 4 rings (SSSR count). The summed E-state index contributed by atoms with van der Waals surface area (Å²) in [5.41, 5.74) is 0.493. The van der Waals surface area contributed by atoms with Crippen LogP contribution < -0.4 is 0 Å². The number of aliphatic hydroxyl groups excluding tert-OH is 1. The van der Waals surface area contributed by atoms with Crippen molar-refractivity contribution in [2.24, 2.45) is 11.8 Å². The molecule has 2 fully saturated rings. The quantitative estimate of drug-likeness (QED) is 0.736. The van der Waals surface area contributed by atoms with Gasteiger partial charge in [0.25, 0.3) is 0 Å². The van der Waals surface area contributed by atoms with Gasteiger partial charge in [-0.15, -0.1) is 0 Å². The number of fused-ring (bicyclic) bond motifs is 1. The van der Waals surface area contributed by atoms with Gasteiger partial charge in [-0.25, -0.2) is 8.78 Å². The molecule has 1 saturated carbocycles. The SMILES string of the molecule is Oc1ccc(C(O)CN2C[C@@H]3C[C@](O)(Cc4ccc(F)c(F)c4)C[C@@H]3C2)cc1. The van der Waals surface area contributed by atoms with Crippen LogP contribution >= 0.6 is 0 Å². The molecule has 150 valence electrons. The Morgan fingerprint density at radius 1 is 1.00 bits per heavy atom. The van der Waals surface area contributed by atoms with Crippen molar-refractivity contribution in [1.29, 1.82) is 0 Å². The van der Waals surface area contributed by atoms with E-state index in [1.807, 2.05) is 0 Å². The molecule has 2 aromatic carbocycles. The van der Waals surface area contributed by atoms with Crippen molar-refractivity contribution in [1.82, 2.24) is 4.90 Å². The van der Waals surface area contributed by atoms with Gasteiger partial charge >= 0.3 is 0 Å². The predicted molar refractivity (Wildman–Crippen MR) is 101 cm³/mol. The minimum atomic E-state index is -0.888. The van der Waals surface area contributed by atoms with Gasteiger partial charge in [0.1, 0.15) is 5.75 Å². The van der Waals surface area contributed by atoms with Crippen LogP contribution in [0, 0.1) is 23.5 Å². The summed E-state index contributed by atoms with van der Waals surface area (Å²) in [7, 11) is 0. The molecule has 2 aromatic rings. The van der Waals surface area contributed by atoms with E-state index >= 15 is 0 Å². The van der Waals surface area contributed by atoms with Gasteiger partial charge in [0.05, 0.1) is 11.7 Å². The molecular weight excluding hydrogens is 364 g/mol. The number of hydrogen-bond acceptors (Lipinski definition) is 4. The lowest BCUT2D eigenvalue weighted by atomic mass is 9.91. The molecular formula is C22H25F2NO3. The van der Waals surface area contributed by atoms with Gasteiger partial charge in [-0.2, -0.15) is 0 Å². The minimum absolute atomic E-state index is 0.173. The summed E-state index contributed by atoms with van der Waals surface area (Å²) in [6.45, 7) is 2.12. The number of hydrogen-bond donors (Lipinski definition) is 3. The number of phenolic OH excluding ortho intramolecular Hbond substituents is 1. The fourth-order valence-electron chi connectivity index (χ4n) is 4.93. The fourth-order valence-corrected chi connectivity index (χ4v) is 4.93. The standard InChI is InChI=1S/C22H25F2NO3/c23-19-6-1-14(7-20(19)24)8-22(28)9-16-11-25(12-17(16)10-22)13-21(27)15-2-4-18(26)5-3-15/h1-7,16-17,21,26-28H,8-13H2/t16-,17+,21?,22+. The maximum absolute atomic E-state index is 13.4. The van der Waals surface area contributed by atoms with Crippen LogP contribution in [0.5, 0.6) is 5.75 Å². The Morgan fingerprint density at radius 2 is 1.64 bits per heavy atom. The molecule has 6 heteroatoms. The van der Waals surface area contributed by atoms with E-state index in [1.165, 1.54) is 12.1 Å². The smallest absolute Gasteiger partial charge is 0.159 e. The van der Waals surface area contributed by atoms with Gasteiger partial charge in [0, 0.05) is 26.1 Å². The lowest BCUT2D eigenvalue weighted by molar-refractivity contribution is 0.0327. The van der Waals surface area contributed by atoms with Crippen LogP contribution in [0.25, 0.3) is 0 Å². The van der Waals surface area contributed by atoms with Gasteiger partial charge in [0.2, 0.25) is 0 Å². The first-order chi connectivity index (χ1) is 13.3. The summed E-state index contributed by atoms with van der Waals surface area (Å²) in [4.78, 5) is 2.21. The van der Waals surface area contributed by atoms with Crippen LogP contribution in [0.3, 0.4) is 0 Å². The summed E-state index contributed by atoms with van der Waals surface area (Å²) in [5.74, 6) is -0.910. The summed E-state index contributed by atoms with van der Waals surface area (Å²) in [5, 5.41) is 30.8. The highest BCUT2D eigenvalue weighted by Gasteiger charge is 2.48. The number of nitrogens with zero attached hydrogens (tertiary/aromatic N) is 1. The van der Waals surface area contributed by atoms with Crippen LogP contribution in [-0.2, 0) is 6.42 Å². The molecule has 1 aliphatic carbocycles. The normalized spacial score (nSPS) is 28.4. The maximum Gasteiger partial charge on any atom is 0.159 e. The van der Waals surface area contributed by atoms with Gasteiger partial charge < -0.3 is 15.3 Å². The summed E-state index contributed by atoms with van der Waals surface area (Å²) >= 11 is 0. The Bertz CT molecular complexity index is 828. The molecule has 0 aromatic heterocycles. The zero-order chi connectivity index (χ0) is 19.9. The number of benzene rings is 2. The minimum Gasteiger partial charge on any atom is -0.508 e. The lowest BCUT2D eigenvalue weighted by Gasteiger charge is -2.27. The van der Waals surface area contributed by atoms with Gasteiger partial charge in [-0.3, -0.25) is 4.90 Å². The highest BCUT2D eigenvalue weighted by atomic mass is 19.2. The first-order valence-corrected chi connectivity index (χ1v) is 9.67. The van der Waals surface area contributed by atoms with Crippen molar-refractivity contribution in [2.45, 2.75) is 31.0 Å². The molecule has 3 N–H and O–H groups in total. The zero-order valence-corrected chi connectivity index (χ0v) is 15.6. The second kappa shape index (κ2) is 7.43. The van der Waals surface area contributed by atoms with E-state index < -0.39 is 23.3 Å². The summed E-state index contributed by atoms with van der Waals surface area (Å²) in [6.07, 6.45) is 0.957. The molecule has 4 atom stereocenters. The first-order valence-electron chi connectivity index (χ1n) is 9.67.